The number of piperidine rings is 1. The van der Waals surface area contributed by atoms with Crippen molar-refractivity contribution in [1.82, 2.24) is 19.9 Å². The van der Waals surface area contributed by atoms with Crippen molar-refractivity contribution in [2.75, 3.05) is 18.0 Å². The van der Waals surface area contributed by atoms with Gasteiger partial charge in [-0.1, -0.05) is 24.3 Å². The number of pyridine rings is 1. The standard InChI is InChI=1S/C26H29N5O/c1-19-15-20(2)29-25(28-19)30-13-9-26(10-14-30)16-22-5-3-4-6-23(22)18-31(24(26)32)17-21-7-11-27-12-8-21/h3-8,11-12,15H,9-10,13-14,16-18H2,1-2H3. The van der Waals surface area contributed by atoms with Crippen LogP contribution in [0.4, 0.5) is 5.95 Å². The number of fused-ring (bicyclic) bond motifs is 1. The Bertz CT molecular complexity index is 1100. The molecule has 1 amide bonds. The molecule has 32 heavy (non-hydrogen) atoms. The first-order valence-corrected chi connectivity index (χ1v) is 11.3. The van der Waals surface area contributed by atoms with Crippen LogP contribution in [0.25, 0.3) is 0 Å². The van der Waals surface area contributed by atoms with Crippen molar-refractivity contribution in [3.63, 3.8) is 0 Å². The van der Waals surface area contributed by atoms with Crippen molar-refractivity contribution in [2.45, 2.75) is 46.2 Å². The topological polar surface area (TPSA) is 62.2 Å². The molecule has 1 aromatic carbocycles. The first-order valence-electron chi connectivity index (χ1n) is 11.3. The van der Waals surface area contributed by atoms with Gasteiger partial charge in [-0.3, -0.25) is 9.78 Å². The van der Waals surface area contributed by atoms with E-state index in [-0.39, 0.29) is 11.3 Å². The van der Waals surface area contributed by atoms with Gasteiger partial charge in [-0.25, -0.2) is 9.97 Å². The van der Waals surface area contributed by atoms with Crippen molar-refractivity contribution in [3.8, 4) is 0 Å². The quantitative estimate of drug-likeness (QED) is 0.635. The molecule has 1 saturated heterocycles. The lowest BCUT2D eigenvalue weighted by Crippen LogP contribution is -2.50. The van der Waals surface area contributed by atoms with Crippen molar-refractivity contribution in [2.24, 2.45) is 5.41 Å². The van der Waals surface area contributed by atoms with E-state index in [2.05, 4.69) is 44.1 Å². The fourth-order valence-corrected chi connectivity index (χ4v) is 5.15. The highest BCUT2D eigenvalue weighted by Gasteiger charge is 2.46. The third-order valence-electron chi connectivity index (χ3n) is 6.85. The van der Waals surface area contributed by atoms with E-state index in [0.717, 1.165) is 55.3 Å². The molecule has 4 heterocycles. The Kier molecular flexibility index (Phi) is 5.37. The molecule has 164 valence electrons. The lowest BCUT2D eigenvalue weighted by Gasteiger charge is -2.42. The summed E-state index contributed by atoms with van der Waals surface area (Å²) in [6.45, 7) is 6.86. The zero-order chi connectivity index (χ0) is 22.1. The number of anilines is 1. The molecule has 2 aliphatic heterocycles. The van der Waals surface area contributed by atoms with Crippen LogP contribution in [0.5, 0.6) is 0 Å². The molecule has 0 saturated carbocycles. The summed E-state index contributed by atoms with van der Waals surface area (Å²) in [4.78, 5) is 31.7. The zero-order valence-corrected chi connectivity index (χ0v) is 18.8. The molecule has 2 aromatic heterocycles. The number of hydrogen-bond acceptors (Lipinski definition) is 5. The summed E-state index contributed by atoms with van der Waals surface area (Å²) in [7, 11) is 0. The molecule has 2 aliphatic rings. The average Bonchev–Trinajstić information content (AvgIpc) is 2.90. The number of hydrogen-bond donors (Lipinski definition) is 0. The molecule has 1 fully saturated rings. The van der Waals surface area contributed by atoms with E-state index >= 15 is 0 Å². The number of carbonyl (C=O) groups excluding carboxylic acids is 1. The average molecular weight is 428 g/mol. The summed E-state index contributed by atoms with van der Waals surface area (Å²) >= 11 is 0. The molecule has 6 heteroatoms. The number of aromatic nitrogens is 3. The largest absolute Gasteiger partial charge is 0.341 e. The van der Waals surface area contributed by atoms with Gasteiger partial charge in [0.05, 0.1) is 5.41 Å². The van der Waals surface area contributed by atoms with Crippen LogP contribution in [0.3, 0.4) is 0 Å². The van der Waals surface area contributed by atoms with Crippen LogP contribution < -0.4 is 4.90 Å². The molecule has 0 N–H and O–H groups in total. The fourth-order valence-electron chi connectivity index (χ4n) is 5.15. The van der Waals surface area contributed by atoms with Crippen LogP contribution in [0.2, 0.25) is 0 Å². The summed E-state index contributed by atoms with van der Waals surface area (Å²) in [5.41, 5.74) is 5.26. The maximum Gasteiger partial charge on any atom is 0.229 e. The predicted molar refractivity (Wildman–Crippen MR) is 124 cm³/mol. The Balaban J connectivity index is 1.43. The summed E-state index contributed by atoms with van der Waals surface area (Å²) < 4.78 is 0. The Morgan fingerprint density at radius 2 is 1.59 bits per heavy atom. The third-order valence-corrected chi connectivity index (χ3v) is 6.85. The summed E-state index contributed by atoms with van der Waals surface area (Å²) in [5, 5.41) is 0. The molecule has 0 unspecified atom stereocenters. The number of rotatable bonds is 3. The second-order valence-electron chi connectivity index (χ2n) is 9.18. The van der Waals surface area contributed by atoms with Crippen molar-refractivity contribution >= 4 is 11.9 Å². The molecule has 0 radical (unpaired) electrons. The van der Waals surface area contributed by atoms with Crippen molar-refractivity contribution < 1.29 is 4.79 Å². The Hall–Kier alpha value is -3.28. The van der Waals surface area contributed by atoms with E-state index in [1.807, 2.05) is 36.9 Å². The lowest BCUT2D eigenvalue weighted by molar-refractivity contribution is -0.144. The molecule has 6 nitrogen and oxygen atoms in total. The highest BCUT2D eigenvalue weighted by atomic mass is 16.2. The summed E-state index contributed by atoms with van der Waals surface area (Å²) in [6.07, 6.45) is 6.01. The van der Waals surface area contributed by atoms with Gasteiger partial charge in [0.25, 0.3) is 0 Å². The second-order valence-corrected chi connectivity index (χ2v) is 9.18. The fraction of sp³-hybridized carbons (Fsp3) is 0.385. The monoisotopic (exact) mass is 427 g/mol. The number of amides is 1. The predicted octanol–water partition coefficient (Wildman–Crippen LogP) is 3.86. The maximum atomic E-state index is 14.0. The summed E-state index contributed by atoms with van der Waals surface area (Å²) in [6, 6.07) is 14.5. The van der Waals surface area contributed by atoms with Gasteiger partial charge in [-0.15, -0.1) is 0 Å². The molecule has 0 atom stereocenters. The van der Waals surface area contributed by atoms with Gasteiger partial charge in [0.15, 0.2) is 0 Å². The van der Waals surface area contributed by atoms with Crippen molar-refractivity contribution in [3.05, 3.63) is 82.9 Å². The number of carbonyl (C=O) groups is 1. The Labute approximate surface area is 189 Å². The highest BCUT2D eigenvalue weighted by Crippen LogP contribution is 2.41. The van der Waals surface area contributed by atoms with E-state index in [1.165, 1.54) is 11.1 Å². The molecule has 0 aliphatic carbocycles. The van der Waals surface area contributed by atoms with Gasteiger partial charge < -0.3 is 9.80 Å². The number of benzene rings is 1. The highest BCUT2D eigenvalue weighted by molar-refractivity contribution is 5.84. The first-order chi connectivity index (χ1) is 15.5. The normalized spacial score (nSPS) is 17.9. The van der Waals surface area contributed by atoms with E-state index in [1.54, 1.807) is 12.4 Å². The minimum atomic E-state index is -0.380. The van der Waals surface area contributed by atoms with Crippen LogP contribution in [0.1, 0.15) is 40.9 Å². The zero-order valence-electron chi connectivity index (χ0n) is 18.8. The van der Waals surface area contributed by atoms with E-state index in [0.29, 0.717) is 13.1 Å². The molecule has 1 spiro atoms. The lowest BCUT2D eigenvalue weighted by atomic mass is 9.73. The minimum absolute atomic E-state index is 0.270. The SMILES string of the molecule is Cc1cc(C)nc(N2CCC3(CC2)Cc2ccccc2CN(Cc2ccncc2)C3=O)n1. The summed E-state index contributed by atoms with van der Waals surface area (Å²) in [5.74, 6) is 1.05. The van der Waals surface area contributed by atoms with Gasteiger partial charge in [-0.05, 0) is 68.0 Å². The smallest absolute Gasteiger partial charge is 0.229 e. The van der Waals surface area contributed by atoms with E-state index in [9.17, 15) is 4.79 Å². The number of nitrogens with zero attached hydrogens (tertiary/aromatic N) is 5. The molecule has 0 bridgehead atoms. The molecule has 3 aromatic rings. The van der Waals surface area contributed by atoms with Crippen LogP contribution in [0, 0.1) is 19.3 Å². The maximum absolute atomic E-state index is 14.0. The van der Waals surface area contributed by atoms with E-state index < -0.39 is 0 Å². The van der Waals surface area contributed by atoms with Gasteiger partial charge in [-0.2, -0.15) is 0 Å². The minimum Gasteiger partial charge on any atom is -0.341 e. The third kappa shape index (κ3) is 3.97. The Morgan fingerprint density at radius 3 is 2.28 bits per heavy atom. The van der Waals surface area contributed by atoms with Crippen molar-refractivity contribution in [1.29, 1.82) is 0 Å². The van der Waals surface area contributed by atoms with Gasteiger partial charge >= 0.3 is 0 Å². The second kappa shape index (κ2) is 8.34. The first kappa shape index (κ1) is 20.6. The number of aryl methyl sites for hydroxylation is 2. The Morgan fingerprint density at radius 1 is 0.938 bits per heavy atom. The molecular weight excluding hydrogens is 398 g/mol. The van der Waals surface area contributed by atoms with Crippen LogP contribution in [-0.2, 0) is 24.3 Å². The molecule has 5 rings (SSSR count). The van der Waals surface area contributed by atoms with Gasteiger partial charge in [0, 0.05) is 50.0 Å². The van der Waals surface area contributed by atoms with Crippen LogP contribution in [-0.4, -0.2) is 38.8 Å². The molecular formula is C26H29N5O. The van der Waals surface area contributed by atoms with Gasteiger partial charge in [0.1, 0.15) is 0 Å². The van der Waals surface area contributed by atoms with Crippen LogP contribution in [0.15, 0.2) is 54.9 Å². The van der Waals surface area contributed by atoms with Gasteiger partial charge in [0.2, 0.25) is 11.9 Å². The van der Waals surface area contributed by atoms with E-state index in [4.69, 9.17) is 0 Å². The van der Waals surface area contributed by atoms with Crippen LogP contribution >= 0.6 is 0 Å².